The van der Waals surface area contributed by atoms with Crippen molar-refractivity contribution in [2.75, 3.05) is 0 Å². The highest BCUT2D eigenvalue weighted by molar-refractivity contribution is 6.30. The van der Waals surface area contributed by atoms with Crippen LogP contribution in [0.3, 0.4) is 0 Å². The maximum atomic E-state index is 13.0. The molecule has 0 saturated heterocycles. The molecule has 0 unspecified atom stereocenters. The number of carbonyl (C=O) groups excluding carboxylic acids is 1. The molecule has 0 aliphatic heterocycles. The average Bonchev–Trinajstić information content (AvgIpc) is 2.86. The second-order valence-corrected chi connectivity index (χ2v) is 11.3. The smallest absolute Gasteiger partial charge is 0.163 e. The first-order valence-electron chi connectivity index (χ1n) is 12.7. The molecule has 0 heterocycles. The molecule has 0 amide bonds. The summed E-state index contributed by atoms with van der Waals surface area (Å²) in [7, 11) is 0. The van der Waals surface area contributed by atoms with Crippen molar-refractivity contribution in [2.45, 2.75) is 58.8 Å². The Bertz CT molecular complexity index is 1530. The zero-order chi connectivity index (χ0) is 27.7. The maximum Gasteiger partial charge on any atom is 0.163 e. The number of aliphatic hydroxyl groups is 1. The Morgan fingerprint density at radius 2 is 1.61 bits per heavy atom. The molecule has 1 N–H and O–H groups in total. The molecule has 38 heavy (non-hydrogen) atoms. The molecule has 0 fully saturated rings. The Labute approximate surface area is 230 Å². The van der Waals surface area contributed by atoms with Crippen molar-refractivity contribution in [3.05, 3.63) is 106 Å². The summed E-state index contributed by atoms with van der Waals surface area (Å²) in [5, 5.41) is 13.6. The van der Waals surface area contributed by atoms with Gasteiger partial charge in [0.25, 0.3) is 0 Å². The lowest BCUT2D eigenvalue weighted by Crippen LogP contribution is -2.27. The van der Waals surface area contributed by atoms with E-state index < -0.39 is 17.3 Å². The number of aryl methyl sites for hydroxylation is 1. The molecule has 4 aromatic rings. The van der Waals surface area contributed by atoms with Crippen LogP contribution in [0.2, 0.25) is 5.02 Å². The number of ether oxygens (including phenoxy) is 1. The fourth-order valence-corrected chi connectivity index (χ4v) is 4.75. The summed E-state index contributed by atoms with van der Waals surface area (Å²) in [6, 6.07) is 25.1. The number of fused-ring (bicyclic) bond motifs is 1. The molecule has 0 spiro atoms. The summed E-state index contributed by atoms with van der Waals surface area (Å²) in [4.78, 5) is 13.0. The molecule has 0 saturated carbocycles. The number of halogens is 1. The van der Waals surface area contributed by atoms with Gasteiger partial charge in [0.2, 0.25) is 0 Å². The first-order valence-corrected chi connectivity index (χ1v) is 13.1. The van der Waals surface area contributed by atoms with E-state index in [9.17, 15) is 9.90 Å². The van der Waals surface area contributed by atoms with Crippen LogP contribution < -0.4 is 0 Å². The molecule has 4 aromatic carbocycles. The quantitative estimate of drug-likeness (QED) is 0.268. The minimum atomic E-state index is -1.30. The van der Waals surface area contributed by atoms with Crippen LogP contribution >= 0.6 is 11.6 Å². The largest absolute Gasteiger partial charge is 0.374 e. The number of hydrogen-bond acceptors (Lipinski definition) is 3. The van der Waals surface area contributed by atoms with Crippen LogP contribution in [0.4, 0.5) is 0 Å². The van der Waals surface area contributed by atoms with Crippen molar-refractivity contribution in [3.63, 3.8) is 0 Å². The molecule has 0 aromatic heterocycles. The van der Waals surface area contributed by atoms with E-state index in [-0.39, 0.29) is 5.78 Å². The summed E-state index contributed by atoms with van der Waals surface area (Å²) < 4.78 is 6.34. The Morgan fingerprint density at radius 1 is 0.947 bits per heavy atom. The zero-order valence-corrected chi connectivity index (χ0v) is 23.5. The van der Waals surface area contributed by atoms with Gasteiger partial charge in [-0.2, -0.15) is 0 Å². The third-order valence-corrected chi connectivity index (χ3v) is 6.66. The van der Waals surface area contributed by atoms with Gasteiger partial charge in [-0.1, -0.05) is 78.0 Å². The Hall–Kier alpha value is -3.42. The van der Waals surface area contributed by atoms with Crippen LogP contribution in [-0.2, 0) is 15.1 Å². The molecule has 0 aliphatic carbocycles. The average molecular weight is 525 g/mol. The van der Waals surface area contributed by atoms with Gasteiger partial charge in [-0.15, -0.1) is 0 Å². The van der Waals surface area contributed by atoms with E-state index in [2.05, 4.69) is 17.9 Å². The van der Waals surface area contributed by atoms with Gasteiger partial charge in [-0.3, -0.25) is 4.79 Å². The molecule has 3 nitrogen and oxygen atoms in total. The van der Waals surface area contributed by atoms with Gasteiger partial charge in [0, 0.05) is 10.6 Å². The molecule has 2 atom stereocenters. The lowest BCUT2D eigenvalue weighted by molar-refractivity contribution is -0.138. The highest BCUT2D eigenvalue weighted by Gasteiger charge is 2.29. The minimum Gasteiger partial charge on any atom is -0.374 e. The Kier molecular flexibility index (Phi) is 7.81. The highest BCUT2D eigenvalue weighted by Crippen LogP contribution is 2.41. The fraction of sp³-hybridized carbons (Fsp3) is 0.265. The normalized spacial score (nSPS) is 13.9. The predicted octanol–water partition coefficient (Wildman–Crippen LogP) is 8.17. The second kappa shape index (κ2) is 10.8. The van der Waals surface area contributed by atoms with Crippen LogP contribution in [0.5, 0.6) is 0 Å². The van der Waals surface area contributed by atoms with E-state index in [1.807, 2.05) is 100 Å². The van der Waals surface area contributed by atoms with Crippen molar-refractivity contribution in [1.29, 1.82) is 0 Å². The Balaban J connectivity index is 1.96. The van der Waals surface area contributed by atoms with Gasteiger partial charge in [0.05, 0.1) is 5.60 Å². The third kappa shape index (κ3) is 6.17. The van der Waals surface area contributed by atoms with Gasteiger partial charge < -0.3 is 9.84 Å². The van der Waals surface area contributed by atoms with Crippen LogP contribution in [-0.4, -0.2) is 16.5 Å². The topological polar surface area (TPSA) is 46.5 Å². The van der Waals surface area contributed by atoms with Gasteiger partial charge in [0.1, 0.15) is 11.7 Å². The minimum absolute atomic E-state index is 0.0626. The van der Waals surface area contributed by atoms with E-state index in [0.29, 0.717) is 5.02 Å². The van der Waals surface area contributed by atoms with E-state index >= 15 is 0 Å². The van der Waals surface area contributed by atoms with Gasteiger partial charge in [0.15, 0.2) is 5.78 Å². The lowest BCUT2D eigenvalue weighted by atomic mass is 9.85. The molecular formula is C34H33ClO3. The monoisotopic (exact) mass is 524 g/mol. The predicted molar refractivity (Wildman–Crippen MR) is 156 cm³/mol. The molecule has 194 valence electrons. The van der Waals surface area contributed by atoms with Crippen LogP contribution in [0.25, 0.3) is 21.9 Å². The SMILES string of the molecule is CC(=O)[C@@H](OC(C)(C)C)c1c(C)cc2ccc(C#C[C@](C)(O)c3ccccc3)cc2c1-c1ccc(Cl)cc1. The molecular weight excluding hydrogens is 492 g/mol. The number of hydrogen-bond donors (Lipinski definition) is 1. The van der Waals surface area contributed by atoms with Crippen molar-refractivity contribution in [1.82, 2.24) is 0 Å². The summed E-state index contributed by atoms with van der Waals surface area (Å²) in [5.41, 5.74) is 3.33. The Morgan fingerprint density at radius 3 is 2.21 bits per heavy atom. The van der Waals surface area contributed by atoms with E-state index in [0.717, 1.165) is 44.2 Å². The lowest BCUT2D eigenvalue weighted by Gasteiger charge is -2.29. The summed E-state index contributed by atoms with van der Waals surface area (Å²) in [6.07, 6.45) is -0.737. The van der Waals surface area contributed by atoms with E-state index in [4.69, 9.17) is 16.3 Å². The fourth-order valence-electron chi connectivity index (χ4n) is 4.62. The third-order valence-electron chi connectivity index (χ3n) is 6.41. The second-order valence-electron chi connectivity index (χ2n) is 10.8. The van der Waals surface area contributed by atoms with Crippen molar-refractivity contribution < 1.29 is 14.6 Å². The number of ketones is 1. The maximum absolute atomic E-state index is 13.0. The molecule has 0 radical (unpaired) electrons. The van der Waals surface area contributed by atoms with Crippen LogP contribution in [0, 0.1) is 18.8 Å². The summed E-state index contributed by atoms with van der Waals surface area (Å²) in [5.74, 6) is 6.14. The zero-order valence-electron chi connectivity index (χ0n) is 22.7. The number of benzene rings is 4. The summed E-state index contributed by atoms with van der Waals surface area (Å²) >= 11 is 6.23. The molecule has 4 heteroatoms. The summed E-state index contributed by atoms with van der Waals surface area (Å²) in [6.45, 7) is 11.1. The van der Waals surface area contributed by atoms with Crippen LogP contribution in [0.1, 0.15) is 63.0 Å². The molecule has 0 aliphatic rings. The highest BCUT2D eigenvalue weighted by atomic mass is 35.5. The van der Waals surface area contributed by atoms with E-state index in [1.54, 1.807) is 13.8 Å². The van der Waals surface area contributed by atoms with Gasteiger partial charge in [-0.05, 0) is 104 Å². The van der Waals surface area contributed by atoms with Crippen molar-refractivity contribution >= 4 is 28.2 Å². The van der Waals surface area contributed by atoms with Gasteiger partial charge in [-0.25, -0.2) is 0 Å². The molecule has 4 rings (SSSR count). The van der Waals surface area contributed by atoms with Crippen LogP contribution in [0.15, 0.2) is 78.9 Å². The van der Waals surface area contributed by atoms with Gasteiger partial charge >= 0.3 is 0 Å². The van der Waals surface area contributed by atoms with Crippen molar-refractivity contribution in [3.8, 4) is 23.0 Å². The number of rotatable bonds is 5. The molecule has 0 bridgehead atoms. The first-order chi connectivity index (χ1) is 17.9. The number of Topliss-reactive ketones (excluding diaryl/α,β-unsaturated/α-hetero) is 1. The number of carbonyl (C=O) groups is 1. The first kappa shape index (κ1) is 27.6. The van der Waals surface area contributed by atoms with Crippen molar-refractivity contribution in [2.24, 2.45) is 0 Å². The standard InChI is InChI=1S/C34H33ClO3/c1-22-20-26-13-12-24(18-19-34(6,37)27-10-8-7-9-11-27)21-29(26)31(25-14-16-28(35)17-15-25)30(22)32(23(2)36)38-33(3,4)5/h7-17,20-21,32,37H,1-6H3/t32-,34+/m1/s1. The van der Waals surface area contributed by atoms with E-state index in [1.165, 1.54) is 0 Å².